The summed E-state index contributed by atoms with van der Waals surface area (Å²) >= 11 is 0. The molecule has 0 heterocycles. The summed E-state index contributed by atoms with van der Waals surface area (Å²) in [6, 6.07) is 14.9. The summed E-state index contributed by atoms with van der Waals surface area (Å²) in [5.41, 5.74) is 4.17. The molecule has 2 rings (SSSR count). The van der Waals surface area contributed by atoms with Gasteiger partial charge in [0.1, 0.15) is 11.5 Å². The molecule has 0 aliphatic carbocycles. The first-order valence-electron chi connectivity index (χ1n) is 8.14. The Morgan fingerprint density at radius 1 is 1.16 bits per heavy atom. The molecule has 6 nitrogen and oxygen atoms in total. The third-order valence-electron chi connectivity index (χ3n) is 3.28. The van der Waals surface area contributed by atoms with Crippen molar-refractivity contribution >= 4 is 17.8 Å². The summed E-state index contributed by atoms with van der Waals surface area (Å²) in [6.45, 7) is 2.88. The van der Waals surface area contributed by atoms with Gasteiger partial charge >= 0.3 is 0 Å². The quantitative estimate of drug-likeness (QED) is 0.543. The number of ether oxygens (including phenoxy) is 2. The molecular weight excluding hydrogens is 318 g/mol. The van der Waals surface area contributed by atoms with Crippen LogP contribution in [-0.2, 0) is 4.79 Å². The fourth-order valence-electron chi connectivity index (χ4n) is 2.00. The van der Waals surface area contributed by atoms with Crippen molar-refractivity contribution < 1.29 is 14.3 Å². The lowest BCUT2D eigenvalue weighted by molar-refractivity contribution is -0.119. The van der Waals surface area contributed by atoms with E-state index in [0.717, 1.165) is 29.2 Å². The van der Waals surface area contributed by atoms with Crippen LogP contribution < -0.4 is 20.2 Å². The minimum absolute atomic E-state index is 0.119. The zero-order valence-corrected chi connectivity index (χ0v) is 14.5. The van der Waals surface area contributed by atoms with Crippen molar-refractivity contribution in [1.82, 2.24) is 5.43 Å². The van der Waals surface area contributed by atoms with Gasteiger partial charge in [-0.05, 0) is 48.4 Å². The predicted molar refractivity (Wildman–Crippen MR) is 99.4 cm³/mol. The molecule has 0 fully saturated rings. The lowest BCUT2D eigenvalue weighted by Crippen LogP contribution is -2.25. The first-order valence-corrected chi connectivity index (χ1v) is 8.14. The number of carbonyl (C=O) groups is 1. The Kier molecular flexibility index (Phi) is 7.31. The minimum atomic E-state index is -0.234. The van der Waals surface area contributed by atoms with E-state index in [2.05, 4.69) is 22.8 Å². The Hall–Kier alpha value is -3.02. The summed E-state index contributed by atoms with van der Waals surface area (Å²) in [4.78, 5) is 11.8. The second-order valence-electron chi connectivity index (χ2n) is 5.30. The summed E-state index contributed by atoms with van der Waals surface area (Å²) < 4.78 is 10.6. The van der Waals surface area contributed by atoms with E-state index in [9.17, 15) is 4.79 Å². The SMILES string of the molecule is CCCOc1ccc(/C=N\NC(=O)CNc2cccc(OC)c2)cc1. The van der Waals surface area contributed by atoms with Crippen molar-refractivity contribution in [2.24, 2.45) is 5.10 Å². The lowest BCUT2D eigenvalue weighted by Gasteiger charge is -2.07. The van der Waals surface area contributed by atoms with E-state index in [1.54, 1.807) is 13.3 Å². The molecule has 0 aliphatic rings. The van der Waals surface area contributed by atoms with Crippen LogP contribution in [0.4, 0.5) is 5.69 Å². The minimum Gasteiger partial charge on any atom is -0.497 e. The highest BCUT2D eigenvalue weighted by atomic mass is 16.5. The van der Waals surface area contributed by atoms with Crippen LogP contribution in [0.15, 0.2) is 53.6 Å². The average Bonchev–Trinajstić information content (AvgIpc) is 2.66. The van der Waals surface area contributed by atoms with Gasteiger partial charge < -0.3 is 14.8 Å². The number of nitrogens with zero attached hydrogens (tertiary/aromatic N) is 1. The van der Waals surface area contributed by atoms with Crippen molar-refractivity contribution in [3.8, 4) is 11.5 Å². The number of benzene rings is 2. The number of carbonyl (C=O) groups excluding carboxylic acids is 1. The first kappa shape index (κ1) is 18.3. The molecule has 0 saturated carbocycles. The second kappa shape index (κ2) is 9.97. The molecule has 0 bridgehead atoms. The molecule has 0 atom stereocenters. The largest absolute Gasteiger partial charge is 0.497 e. The van der Waals surface area contributed by atoms with Crippen LogP contribution in [0, 0.1) is 0 Å². The molecule has 0 radical (unpaired) electrons. The van der Waals surface area contributed by atoms with Crippen molar-refractivity contribution in [2.75, 3.05) is 25.6 Å². The molecule has 2 aromatic carbocycles. The zero-order valence-electron chi connectivity index (χ0n) is 14.5. The van der Waals surface area contributed by atoms with E-state index >= 15 is 0 Å². The number of anilines is 1. The molecular formula is C19H23N3O3. The fourth-order valence-corrected chi connectivity index (χ4v) is 2.00. The van der Waals surface area contributed by atoms with Gasteiger partial charge in [0.05, 0.1) is 26.5 Å². The number of hydrazone groups is 1. The van der Waals surface area contributed by atoms with Crippen LogP contribution in [0.5, 0.6) is 11.5 Å². The zero-order chi connectivity index (χ0) is 17.9. The normalized spacial score (nSPS) is 10.5. The van der Waals surface area contributed by atoms with Crippen molar-refractivity contribution in [3.05, 3.63) is 54.1 Å². The third kappa shape index (κ3) is 6.55. The van der Waals surface area contributed by atoms with Crippen LogP contribution in [0.3, 0.4) is 0 Å². The van der Waals surface area contributed by atoms with Crippen molar-refractivity contribution in [3.63, 3.8) is 0 Å². The topological polar surface area (TPSA) is 72.0 Å². The smallest absolute Gasteiger partial charge is 0.259 e. The number of rotatable bonds is 9. The molecule has 6 heteroatoms. The highest BCUT2D eigenvalue weighted by molar-refractivity contribution is 5.84. The van der Waals surface area contributed by atoms with Gasteiger partial charge in [-0.2, -0.15) is 5.10 Å². The Morgan fingerprint density at radius 2 is 1.96 bits per heavy atom. The molecule has 2 N–H and O–H groups in total. The van der Waals surface area contributed by atoms with Crippen molar-refractivity contribution in [1.29, 1.82) is 0 Å². The van der Waals surface area contributed by atoms with Gasteiger partial charge in [0.15, 0.2) is 0 Å². The molecule has 2 aromatic rings. The summed E-state index contributed by atoms with van der Waals surface area (Å²) in [5.74, 6) is 1.32. The molecule has 1 amide bonds. The Balaban J connectivity index is 1.76. The maximum absolute atomic E-state index is 11.8. The lowest BCUT2D eigenvalue weighted by atomic mass is 10.2. The standard InChI is InChI=1S/C19H23N3O3/c1-3-11-25-17-9-7-15(8-10-17)13-21-22-19(23)14-20-16-5-4-6-18(12-16)24-2/h4-10,12-13,20H,3,11,14H2,1-2H3,(H,22,23)/b21-13-. The van der Waals surface area contributed by atoms with E-state index in [4.69, 9.17) is 9.47 Å². The summed E-state index contributed by atoms with van der Waals surface area (Å²) in [6.07, 6.45) is 2.56. The van der Waals surface area contributed by atoms with Crippen LogP contribution in [0.2, 0.25) is 0 Å². The molecule has 25 heavy (non-hydrogen) atoms. The molecule has 0 saturated heterocycles. The van der Waals surface area contributed by atoms with Crippen LogP contribution >= 0.6 is 0 Å². The van der Waals surface area contributed by atoms with E-state index in [1.807, 2.05) is 48.5 Å². The summed E-state index contributed by atoms with van der Waals surface area (Å²) in [7, 11) is 1.60. The maximum atomic E-state index is 11.8. The maximum Gasteiger partial charge on any atom is 0.259 e. The van der Waals surface area contributed by atoms with Gasteiger partial charge in [0.2, 0.25) is 0 Å². The van der Waals surface area contributed by atoms with Crippen LogP contribution in [0.25, 0.3) is 0 Å². The Bertz CT molecular complexity index is 699. The highest BCUT2D eigenvalue weighted by Gasteiger charge is 2.00. The van der Waals surface area contributed by atoms with E-state index in [0.29, 0.717) is 6.61 Å². The third-order valence-corrected chi connectivity index (χ3v) is 3.28. The van der Waals surface area contributed by atoms with Gasteiger partial charge in [-0.15, -0.1) is 0 Å². The Morgan fingerprint density at radius 3 is 2.68 bits per heavy atom. The van der Waals surface area contributed by atoms with E-state index in [-0.39, 0.29) is 12.5 Å². The van der Waals surface area contributed by atoms with Gasteiger partial charge in [-0.1, -0.05) is 13.0 Å². The van der Waals surface area contributed by atoms with Gasteiger partial charge in [-0.3, -0.25) is 4.79 Å². The molecule has 0 aliphatic heterocycles. The Labute approximate surface area is 147 Å². The monoisotopic (exact) mass is 341 g/mol. The number of nitrogens with one attached hydrogen (secondary N) is 2. The molecule has 0 aromatic heterocycles. The fraction of sp³-hybridized carbons (Fsp3) is 0.263. The molecule has 132 valence electrons. The van der Waals surface area contributed by atoms with Crippen LogP contribution in [-0.4, -0.2) is 32.4 Å². The highest BCUT2D eigenvalue weighted by Crippen LogP contribution is 2.16. The predicted octanol–water partition coefficient (Wildman–Crippen LogP) is 3.05. The number of hydrogen-bond acceptors (Lipinski definition) is 5. The number of amides is 1. The number of hydrogen-bond donors (Lipinski definition) is 2. The van der Waals surface area contributed by atoms with E-state index in [1.165, 1.54) is 0 Å². The van der Waals surface area contributed by atoms with Crippen molar-refractivity contribution in [2.45, 2.75) is 13.3 Å². The number of methoxy groups -OCH3 is 1. The van der Waals surface area contributed by atoms with Gasteiger partial charge in [-0.25, -0.2) is 5.43 Å². The second-order valence-corrected chi connectivity index (χ2v) is 5.30. The van der Waals surface area contributed by atoms with Gasteiger partial charge in [0, 0.05) is 11.8 Å². The average molecular weight is 341 g/mol. The van der Waals surface area contributed by atoms with Crippen LogP contribution in [0.1, 0.15) is 18.9 Å². The van der Waals surface area contributed by atoms with Gasteiger partial charge in [0.25, 0.3) is 5.91 Å². The van der Waals surface area contributed by atoms with E-state index < -0.39 is 0 Å². The summed E-state index contributed by atoms with van der Waals surface area (Å²) in [5, 5.41) is 6.96. The first-order chi connectivity index (χ1) is 12.2. The molecule has 0 unspecified atom stereocenters. The molecule has 0 spiro atoms.